The van der Waals surface area contributed by atoms with Crippen molar-refractivity contribution in [1.82, 2.24) is 10.3 Å². The molecule has 0 aliphatic heterocycles. The zero-order valence-electron chi connectivity index (χ0n) is 13.6. The highest BCUT2D eigenvalue weighted by Gasteiger charge is 2.25. The number of aromatic nitrogens is 1. The van der Waals surface area contributed by atoms with E-state index in [0.717, 1.165) is 10.9 Å². The lowest BCUT2D eigenvalue weighted by molar-refractivity contribution is -0.140. The largest absolute Gasteiger partial charge is 0.497 e. The van der Waals surface area contributed by atoms with Gasteiger partial charge in [-0.05, 0) is 31.0 Å². The molecule has 0 fully saturated rings. The quantitative estimate of drug-likeness (QED) is 0.884. The lowest BCUT2D eigenvalue weighted by Gasteiger charge is -2.18. The summed E-state index contributed by atoms with van der Waals surface area (Å²) in [7, 11) is 1.58. The molecule has 6 nitrogen and oxygen atoms in total. The minimum atomic E-state index is -1.05. The van der Waals surface area contributed by atoms with Crippen molar-refractivity contribution in [3.8, 4) is 5.75 Å². The van der Waals surface area contributed by atoms with E-state index in [-0.39, 0.29) is 5.92 Å². The van der Waals surface area contributed by atoms with Gasteiger partial charge in [-0.1, -0.05) is 13.8 Å². The van der Waals surface area contributed by atoms with Crippen molar-refractivity contribution in [3.05, 3.63) is 35.5 Å². The van der Waals surface area contributed by atoms with Crippen LogP contribution in [0, 0.1) is 12.8 Å². The van der Waals surface area contributed by atoms with E-state index >= 15 is 0 Å². The van der Waals surface area contributed by atoms with E-state index in [2.05, 4.69) is 10.3 Å². The van der Waals surface area contributed by atoms with E-state index in [0.29, 0.717) is 17.0 Å². The second-order valence-corrected chi connectivity index (χ2v) is 5.71. The molecule has 0 aliphatic carbocycles. The summed E-state index contributed by atoms with van der Waals surface area (Å²) in [4.78, 5) is 28.1. The molecule has 0 spiro atoms. The van der Waals surface area contributed by atoms with Crippen molar-refractivity contribution in [2.45, 2.75) is 26.8 Å². The highest BCUT2D eigenvalue weighted by molar-refractivity contribution is 6.00. The Labute approximate surface area is 134 Å². The van der Waals surface area contributed by atoms with E-state index in [1.165, 1.54) is 0 Å². The minimum Gasteiger partial charge on any atom is -0.497 e. The van der Waals surface area contributed by atoms with Gasteiger partial charge in [0.05, 0.1) is 23.9 Å². The van der Waals surface area contributed by atoms with Crippen LogP contribution in [0.25, 0.3) is 10.9 Å². The lowest BCUT2D eigenvalue weighted by atomic mass is 10.0. The van der Waals surface area contributed by atoms with Crippen LogP contribution in [0.2, 0.25) is 0 Å². The molecule has 0 unspecified atom stereocenters. The summed E-state index contributed by atoms with van der Waals surface area (Å²) in [5.41, 5.74) is 1.63. The fourth-order valence-corrected chi connectivity index (χ4v) is 2.33. The number of nitrogens with zero attached hydrogens (tertiary/aromatic N) is 1. The molecular formula is C17H20N2O4. The number of methoxy groups -OCH3 is 1. The number of fused-ring (bicyclic) bond motifs is 1. The number of aryl methyl sites for hydroxylation is 1. The summed E-state index contributed by atoms with van der Waals surface area (Å²) in [6.07, 6.45) is 0. The number of nitrogens with one attached hydrogen (secondary N) is 1. The fourth-order valence-electron chi connectivity index (χ4n) is 2.33. The molecular weight excluding hydrogens is 296 g/mol. The summed E-state index contributed by atoms with van der Waals surface area (Å²) in [5.74, 6) is -1.01. The average molecular weight is 316 g/mol. The number of carboxylic acid groups (broad SMARTS) is 1. The standard InChI is InChI=1S/C17H20N2O4/c1-9(2)15(17(21)22)19-16(20)13-7-11-5-6-12(23-4)8-14(11)18-10(13)3/h5-9,15H,1-4H3,(H,19,20)(H,21,22)/t15-/m0/s1. The van der Waals surface area contributed by atoms with Crippen molar-refractivity contribution in [1.29, 1.82) is 0 Å². The molecule has 1 heterocycles. The van der Waals surface area contributed by atoms with Crippen molar-refractivity contribution in [2.24, 2.45) is 5.92 Å². The van der Waals surface area contributed by atoms with E-state index in [9.17, 15) is 14.7 Å². The molecule has 1 aromatic carbocycles. The van der Waals surface area contributed by atoms with Crippen molar-refractivity contribution < 1.29 is 19.4 Å². The van der Waals surface area contributed by atoms with Crippen LogP contribution in [0.3, 0.4) is 0 Å². The molecule has 2 aromatic rings. The van der Waals surface area contributed by atoms with Crippen LogP contribution in [0.5, 0.6) is 5.75 Å². The monoisotopic (exact) mass is 316 g/mol. The molecule has 0 saturated heterocycles. The maximum atomic E-state index is 12.4. The molecule has 122 valence electrons. The molecule has 1 atom stereocenters. The predicted molar refractivity (Wildman–Crippen MR) is 86.8 cm³/mol. The highest BCUT2D eigenvalue weighted by atomic mass is 16.5. The summed E-state index contributed by atoms with van der Waals surface area (Å²) in [6.45, 7) is 5.21. The molecule has 6 heteroatoms. The maximum absolute atomic E-state index is 12.4. The number of carboxylic acids is 1. The number of pyridine rings is 1. The zero-order chi connectivity index (χ0) is 17.1. The smallest absolute Gasteiger partial charge is 0.326 e. The van der Waals surface area contributed by atoms with Gasteiger partial charge in [-0.3, -0.25) is 9.78 Å². The predicted octanol–water partition coefficient (Wildman–Crippen LogP) is 2.39. The third-order valence-electron chi connectivity index (χ3n) is 3.68. The van der Waals surface area contributed by atoms with Crippen LogP contribution in [0.15, 0.2) is 24.3 Å². The Balaban J connectivity index is 2.37. The summed E-state index contributed by atoms with van der Waals surface area (Å²) < 4.78 is 5.16. The maximum Gasteiger partial charge on any atom is 0.326 e. The van der Waals surface area contributed by atoms with E-state index in [4.69, 9.17) is 4.74 Å². The van der Waals surface area contributed by atoms with Gasteiger partial charge < -0.3 is 15.2 Å². The molecule has 23 heavy (non-hydrogen) atoms. The third-order valence-corrected chi connectivity index (χ3v) is 3.68. The number of rotatable bonds is 5. The van der Waals surface area contributed by atoms with Crippen molar-refractivity contribution >= 4 is 22.8 Å². The summed E-state index contributed by atoms with van der Waals surface area (Å²) in [5, 5.41) is 12.5. The van der Waals surface area contributed by atoms with Gasteiger partial charge in [0.1, 0.15) is 11.8 Å². The fraction of sp³-hybridized carbons (Fsp3) is 0.353. The van der Waals surface area contributed by atoms with Gasteiger partial charge in [0.15, 0.2) is 0 Å². The van der Waals surface area contributed by atoms with Gasteiger partial charge in [0.25, 0.3) is 5.91 Å². The minimum absolute atomic E-state index is 0.213. The first kappa shape index (κ1) is 16.7. The summed E-state index contributed by atoms with van der Waals surface area (Å²) >= 11 is 0. The Morgan fingerprint density at radius 3 is 2.52 bits per heavy atom. The first-order valence-corrected chi connectivity index (χ1v) is 7.32. The Morgan fingerprint density at radius 1 is 1.26 bits per heavy atom. The van der Waals surface area contributed by atoms with Crippen LogP contribution < -0.4 is 10.1 Å². The van der Waals surface area contributed by atoms with Crippen molar-refractivity contribution in [3.63, 3.8) is 0 Å². The molecule has 2 rings (SSSR count). The van der Waals surface area contributed by atoms with Gasteiger partial charge in [-0.2, -0.15) is 0 Å². The molecule has 0 radical (unpaired) electrons. The number of hydrogen-bond donors (Lipinski definition) is 2. The van der Waals surface area contributed by atoms with E-state index in [1.807, 2.05) is 6.07 Å². The number of benzene rings is 1. The van der Waals surface area contributed by atoms with Crippen LogP contribution >= 0.6 is 0 Å². The number of ether oxygens (including phenoxy) is 1. The lowest BCUT2D eigenvalue weighted by Crippen LogP contribution is -2.44. The summed E-state index contributed by atoms with van der Waals surface area (Å²) in [6, 6.07) is 6.17. The van der Waals surface area contributed by atoms with Crippen molar-refractivity contribution in [2.75, 3.05) is 7.11 Å². The molecule has 0 saturated carbocycles. The Morgan fingerprint density at radius 2 is 1.96 bits per heavy atom. The van der Waals surface area contributed by atoms with Crippen LogP contribution in [0.1, 0.15) is 29.9 Å². The van der Waals surface area contributed by atoms with E-state index < -0.39 is 17.9 Å². The number of amides is 1. The molecule has 1 aromatic heterocycles. The Kier molecular flexibility index (Phi) is 4.83. The zero-order valence-corrected chi connectivity index (χ0v) is 13.6. The molecule has 1 amide bonds. The first-order chi connectivity index (χ1) is 10.8. The number of carbonyl (C=O) groups is 2. The third kappa shape index (κ3) is 3.59. The number of carbonyl (C=O) groups excluding carboxylic acids is 1. The topological polar surface area (TPSA) is 88.5 Å². The Hall–Kier alpha value is -2.63. The highest BCUT2D eigenvalue weighted by Crippen LogP contribution is 2.22. The van der Waals surface area contributed by atoms with Crippen LogP contribution in [0.4, 0.5) is 0 Å². The van der Waals surface area contributed by atoms with Gasteiger partial charge in [-0.25, -0.2) is 4.79 Å². The van der Waals surface area contributed by atoms with Crippen LogP contribution in [-0.4, -0.2) is 35.1 Å². The SMILES string of the molecule is COc1ccc2cc(C(=O)N[C@H](C(=O)O)C(C)C)c(C)nc2c1. The van der Waals surface area contributed by atoms with E-state index in [1.54, 1.807) is 46.1 Å². The average Bonchev–Trinajstić information content (AvgIpc) is 2.50. The Bertz CT molecular complexity index is 756. The van der Waals surface area contributed by atoms with Crippen LogP contribution in [-0.2, 0) is 4.79 Å². The molecule has 2 N–H and O–H groups in total. The van der Waals surface area contributed by atoms with Gasteiger partial charge in [0.2, 0.25) is 0 Å². The number of aliphatic carboxylic acids is 1. The van der Waals surface area contributed by atoms with Gasteiger partial charge in [0, 0.05) is 11.5 Å². The molecule has 0 bridgehead atoms. The van der Waals surface area contributed by atoms with Gasteiger partial charge in [-0.15, -0.1) is 0 Å². The second kappa shape index (κ2) is 6.64. The number of hydrogen-bond acceptors (Lipinski definition) is 4. The first-order valence-electron chi connectivity index (χ1n) is 7.32. The molecule has 0 aliphatic rings. The van der Waals surface area contributed by atoms with Gasteiger partial charge >= 0.3 is 5.97 Å². The normalized spacial score (nSPS) is 12.2. The second-order valence-electron chi connectivity index (χ2n) is 5.71.